The summed E-state index contributed by atoms with van der Waals surface area (Å²) in [6.45, 7) is 7.70. The van der Waals surface area contributed by atoms with Crippen molar-refractivity contribution in [3.63, 3.8) is 0 Å². The highest BCUT2D eigenvalue weighted by atomic mass is 14.6. The van der Waals surface area contributed by atoms with Gasteiger partial charge in [0.05, 0.1) is 0 Å². The fourth-order valence-corrected chi connectivity index (χ4v) is 18.1. The van der Waals surface area contributed by atoms with Crippen LogP contribution in [0.2, 0.25) is 0 Å². The molecule has 0 N–H and O–H groups in total. The highest BCUT2D eigenvalue weighted by molar-refractivity contribution is 5.09. The van der Waals surface area contributed by atoms with E-state index in [1.165, 1.54) is 19.3 Å². The first-order valence-corrected chi connectivity index (χ1v) is 23.2. The predicted molar refractivity (Wildman–Crippen MR) is 199 cm³/mol. The summed E-state index contributed by atoms with van der Waals surface area (Å²) in [5, 5.41) is 0. The van der Waals surface area contributed by atoms with Gasteiger partial charge < -0.3 is 0 Å². The molecule has 0 aromatic carbocycles. The van der Waals surface area contributed by atoms with Gasteiger partial charge in [0.15, 0.2) is 0 Å². The maximum absolute atomic E-state index is 2.69. The van der Waals surface area contributed by atoms with Gasteiger partial charge in [0.2, 0.25) is 0 Å². The summed E-state index contributed by atoms with van der Waals surface area (Å²) in [7, 11) is 0. The molecule has 0 aromatic heterocycles. The molecule has 0 saturated heterocycles. The second-order valence-electron chi connectivity index (χ2n) is 20.9. The number of rotatable bonds is 7. The van der Waals surface area contributed by atoms with Crippen molar-refractivity contribution in [2.24, 2.45) is 112 Å². The molecule has 9 rings (SSSR count). The molecule has 9 fully saturated rings. The van der Waals surface area contributed by atoms with Gasteiger partial charge in [0.1, 0.15) is 0 Å². The summed E-state index contributed by atoms with van der Waals surface area (Å²) in [6, 6.07) is 0. The van der Waals surface area contributed by atoms with Crippen molar-refractivity contribution in [2.75, 3.05) is 0 Å². The Morgan fingerprint density at radius 3 is 1.62 bits per heavy atom. The van der Waals surface area contributed by atoms with E-state index in [9.17, 15) is 0 Å². The van der Waals surface area contributed by atoms with Crippen LogP contribution in [0.5, 0.6) is 0 Å². The lowest BCUT2D eigenvalue weighted by atomic mass is 9.44. The quantitative estimate of drug-likeness (QED) is 0.259. The summed E-state index contributed by atoms with van der Waals surface area (Å²) < 4.78 is 0. The third-order valence-corrected chi connectivity index (χ3v) is 19.6. The van der Waals surface area contributed by atoms with Crippen LogP contribution in [0.15, 0.2) is 0 Å². The first kappa shape index (κ1) is 32.9. The average molecular weight is 643 g/mol. The molecule has 9 saturated carbocycles. The van der Waals surface area contributed by atoms with E-state index in [0.717, 1.165) is 112 Å². The smallest absolute Gasteiger partial charge is 0.0321 e. The number of hydrogen-bond acceptors (Lipinski definition) is 0. The number of hydrogen-bond donors (Lipinski definition) is 0. The molecule has 0 spiro atoms. The fourth-order valence-electron chi connectivity index (χ4n) is 18.1. The largest absolute Gasteiger partial charge is 0.0654 e. The Hall–Kier alpha value is 0. The van der Waals surface area contributed by atoms with E-state index in [4.69, 9.17) is 0 Å². The van der Waals surface area contributed by atoms with Crippen LogP contribution in [0.1, 0.15) is 181 Å². The van der Waals surface area contributed by atoms with Crippen molar-refractivity contribution in [1.29, 1.82) is 0 Å². The van der Waals surface area contributed by atoms with E-state index < -0.39 is 0 Å². The first-order valence-electron chi connectivity index (χ1n) is 23.2. The molecule has 15 unspecified atom stereocenters. The Labute approximate surface area is 292 Å². The molecule has 266 valence electrons. The van der Waals surface area contributed by atoms with Gasteiger partial charge in [-0.25, -0.2) is 0 Å². The Morgan fingerprint density at radius 2 is 0.936 bits per heavy atom. The summed E-state index contributed by atoms with van der Waals surface area (Å²) in [4.78, 5) is 0. The maximum Gasteiger partial charge on any atom is -0.0321 e. The SMILES string of the molecule is CCCC1CCCC1C1CCC(C2C3CCCCC3C(C3CCCC3C3CCC4C(C3)C(CC)C(C)C3CC34)C3CCCCC32)CC1. The average Bonchev–Trinajstić information content (AvgIpc) is 3.54. The van der Waals surface area contributed by atoms with Crippen molar-refractivity contribution >= 4 is 0 Å². The molecule has 9 aliphatic carbocycles. The molecule has 0 nitrogen and oxygen atoms in total. The molecule has 9 aliphatic rings. The van der Waals surface area contributed by atoms with Crippen molar-refractivity contribution in [1.82, 2.24) is 0 Å². The second kappa shape index (κ2) is 13.9. The molecule has 0 aliphatic heterocycles. The fraction of sp³-hybridized carbons (Fsp3) is 1.00. The van der Waals surface area contributed by atoms with Crippen molar-refractivity contribution in [3.8, 4) is 0 Å². The molecular formula is C47H78. The maximum atomic E-state index is 2.69. The topological polar surface area (TPSA) is 0 Å². The lowest BCUT2D eigenvalue weighted by Crippen LogP contribution is -2.54. The number of fused-ring (bicyclic) bond motifs is 5. The molecule has 0 amide bonds. The minimum Gasteiger partial charge on any atom is -0.0654 e. The van der Waals surface area contributed by atoms with E-state index in [0.29, 0.717) is 0 Å². The molecule has 0 radical (unpaired) electrons. The first-order chi connectivity index (χ1) is 23.2. The van der Waals surface area contributed by atoms with Gasteiger partial charge in [-0.3, -0.25) is 0 Å². The van der Waals surface area contributed by atoms with Gasteiger partial charge in [-0.05, 0) is 209 Å². The lowest BCUT2D eigenvalue weighted by Gasteiger charge is -2.60. The zero-order valence-corrected chi connectivity index (χ0v) is 31.6. The normalized spacial score (nSPS) is 55.9. The van der Waals surface area contributed by atoms with E-state index in [2.05, 4.69) is 20.8 Å². The van der Waals surface area contributed by atoms with Gasteiger partial charge in [0.25, 0.3) is 0 Å². The van der Waals surface area contributed by atoms with Crippen LogP contribution < -0.4 is 0 Å². The Balaban J connectivity index is 0.934. The van der Waals surface area contributed by atoms with Gasteiger partial charge in [-0.2, -0.15) is 0 Å². The minimum absolute atomic E-state index is 1.04. The third-order valence-electron chi connectivity index (χ3n) is 19.6. The van der Waals surface area contributed by atoms with E-state index in [1.807, 2.05) is 0 Å². The van der Waals surface area contributed by atoms with Crippen molar-refractivity contribution in [2.45, 2.75) is 181 Å². The molecule has 0 bridgehead atoms. The highest BCUT2D eigenvalue weighted by Crippen LogP contribution is 2.67. The van der Waals surface area contributed by atoms with Crippen molar-refractivity contribution < 1.29 is 0 Å². The zero-order chi connectivity index (χ0) is 31.6. The van der Waals surface area contributed by atoms with Crippen LogP contribution in [0.4, 0.5) is 0 Å². The molecule has 47 heavy (non-hydrogen) atoms. The van der Waals surface area contributed by atoms with Crippen LogP contribution in [-0.2, 0) is 0 Å². The minimum atomic E-state index is 1.04. The van der Waals surface area contributed by atoms with Crippen LogP contribution >= 0.6 is 0 Å². The zero-order valence-electron chi connectivity index (χ0n) is 31.6. The van der Waals surface area contributed by atoms with Crippen LogP contribution in [0.25, 0.3) is 0 Å². The monoisotopic (exact) mass is 643 g/mol. The van der Waals surface area contributed by atoms with Gasteiger partial charge >= 0.3 is 0 Å². The molecule has 15 atom stereocenters. The Morgan fingerprint density at radius 1 is 0.383 bits per heavy atom. The summed E-state index contributed by atoms with van der Waals surface area (Å²) in [6.07, 6.45) is 40.0. The summed E-state index contributed by atoms with van der Waals surface area (Å²) in [5.41, 5.74) is 0. The van der Waals surface area contributed by atoms with Crippen LogP contribution in [-0.4, -0.2) is 0 Å². The Bertz CT molecular complexity index is 1010. The third kappa shape index (κ3) is 5.79. The summed E-state index contributed by atoms with van der Waals surface area (Å²) in [5.74, 6) is 21.2. The second-order valence-corrected chi connectivity index (χ2v) is 20.9. The standard InChI is InChI=1S/C47H78/c1-4-12-30-13-10-18-35(30)31-21-23-32(24-22-31)46-39-14-6-8-16-41(39)47(42-17-9-7-15-40(42)46)38-20-11-19-36(38)33-25-26-37-44(27-33)34(5-2)29(3)43-28-45(37)43/h29-47H,4-28H2,1-3H3. The van der Waals surface area contributed by atoms with Crippen LogP contribution in [0.3, 0.4) is 0 Å². The highest BCUT2D eigenvalue weighted by Gasteiger charge is 2.60. The predicted octanol–water partition coefficient (Wildman–Crippen LogP) is 13.6. The van der Waals surface area contributed by atoms with Gasteiger partial charge in [-0.15, -0.1) is 0 Å². The van der Waals surface area contributed by atoms with Gasteiger partial charge in [-0.1, -0.05) is 85.0 Å². The van der Waals surface area contributed by atoms with Gasteiger partial charge in [0, 0.05) is 0 Å². The Kier molecular flexibility index (Phi) is 9.69. The van der Waals surface area contributed by atoms with Crippen LogP contribution in [0, 0.1) is 112 Å². The van der Waals surface area contributed by atoms with E-state index in [-0.39, 0.29) is 0 Å². The molecule has 0 heterocycles. The molecular weight excluding hydrogens is 565 g/mol. The lowest BCUT2D eigenvalue weighted by molar-refractivity contribution is -0.119. The summed E-state index contributed by atoms with van der Waals surface area (Å²) >= 11 is 0. The van der Waals surface area contributed by atoms with E-state index >= 15 is 0 Å². The van der Waals surface area contributed by atoms with E-state index in [1.54, 1.807) is 141 Å². The molecule has 0 aromatic rings. The van der Waals surface area contributed by atoms with Crippen molar-refractivity contribution in [3.05, 3.63) is 0 Å². The molecule has 0 heteroatoms.